The van der Waals surface area contributed by atoms with Gasteiger partial charge in [0.15, 0.2) is 5.65 Å². The van der Waals surface area contributed by atoms with Crippen molar-refractivity contribution in [2.45, 2.75) is 86.1 Å². The molecule has 1 unspecified atom stereocenters. The molecule has 33 heavy (non-hydrogen) atoms. The number of aryl methyl sites for hydroxylation is 5. The molecule has 2 aromatic heterocycles. The van der Waals surface area contributed by atoms with Gasteiger partial charge >= 0.3 is 0 Å². The van der Waals surface area contributed by atoms with Crippen LogP contribution in [0, 0.1) is 33.6 Å². The van der Waals surface area contributed by atoms with E-state index in [4.69, 9.17) is 14.8 Å². The molecule has 0 N–H and O–H groups in total. The van der Waals surface area contributed by atoms with Crippen LogP contribution in [0.15, 0.2) is 18.2 Å². The molecule has 0 saturated carbocycles. The summed E-state index contributed by atoms with van der Waals surface area (Å²) >= 11 is 0. The maximum atomic E-state index is 5.75. The molecule has 4 rings (SSSR count). The molecule has 1 aliphatic heterocycles. The van der Waals surface area contributed by atoms with Crippen LogP contribution in [-0.2, 0) is 17.6 Å². The third kappa shape index (κ3) is 4.52. The summed E-state index contributed by atoms with van der Waals surface area (Å²) in [6.45, 7) is 14.0. The standard InChI is InChI=1S/C28H40N4O/c1-8-22(9-2)10-11-23-15-18(3)14-19(4)27(23)31-24(17-33-7)12-13-25-21(6)29-26-16-20(5)30-32(26)28(25)31/h14-16,22,24H,8-13,17H2,1-7H3. The van der Waals surface area contributed by atoms with Crippen molar-refractivity contribution in [3.05, 3.63) is 51.8 Å². The molecule has 3 aromatic rings. The third-order valence-corrected chi connectivity index (χ3v) is 7.42. The van der Waals surface area contributed by atoms with E-state index in [9.17, 15) is 0 Å². The van der Waals surface area contributed by atoms with Gasteiger partial charge < -0.3 is 9.64 Å². The van der Waals surface area contributed by atoms with Gasteiger partial charge in [0.05, 0.1) is 18.3 Å². The van der Waals surface area contributed by atoms with Crippen molar-refractivity contribution in [3.8, 4) is 0 Å². The summed E-state index contributed by atoms with van der Waals surface area (Å²) in [7, 11) is 1.81. The lowest BCUT2D eigenvalue weighted by Crippen LogP contribution is -2.41. The first-order valence-corrected chi connectivity index (χ1v) is 12.6. The van der Waals surface area contributed by atoms with Crippen LogP contribution in [0.25, 0.3) is 5.65 Å². The number of hydrogen-bond acceptors (Lipinski definition) is 4. The van der Waals surface area contributed by atoms with Crippen molar-refractivity contribution in [3.63, 3.8) is 0 Å². The Labute approximate surface area is 199 Å². The molecular formula is C28H40N4O. The average molecular weight is 449 g/mol. The van der Waals surface area contributed by atoms with Gasteiger partial charge in [-0.05, 0) is 70.4 Å². The average Bonchev–Trinajstić information content (AvgIpc) is 3.14. The Kier molecular flexibility index (Phi) is 7.08. The molecule has 178 valence electrons. The third-order valence-electron chi connectivity index (χ3n) is 7.42. The SMILES string of the molecule is CCC(CC)CCc1cc(C)cc(C)c1N1c2c(c(C)nc3cc(C)nn23)CCC1COC. The van der Waals surface area contributed by atoms with E-state index in [1.165, 1.54) is 53.0 Å². The van der Waals surface area contributed by atoms with Gasteiger partial charge in [-0.1, -0.05) is 44.4 Å². The van der Waals surface area contributed by atoms with Gasteiger partial charge in [0.25, 0.3) is 0 Å². The van der Waals surface area contributed by atoms with Gasteiger partial charge in [-0.2, -0.15) is 9.61 Å². The van der Waals surface area contributed by atoms with E-state index in [0.29, 0.717) is 6.61 Å². The number of ether oxygens (including phenoxy) is 1. The predicted octanol–water partition coefficient (Wildman–Crippen LogP) is 6.43. The summed E-state index contributed by atoms with van der Waals surface area (Å²) in [5, 5.41) is 4.89. The monoisotopic (exact) mass is 448 g/mol. The van der Waals surface area contributed by atoms with Crippen LogP contribution in [0.2, 0.25) is 0 Å². The van der Waals surface area contributed by atoms with Crippen molar-refractivity contribution in [2.75, 3.05) is 18.6 Å². The molecular weight excluding hydrogens is 408 g/mol. The zero-order chi connectivity index (χ0) is 23.7. The fourth-order valence-corrected chi connectivity index (χ4v) is 5.68. The second kappa shape index (κ2) is 9.84. The molecule has 0 radical (unpaired) electrons. The zero-order valence-corrected chi connectivity index (χ0v) is 21.5. The molecule has 0 saturated heterocycles. The lowest BCUT2D eigenvalue weighted by molar-refractivity contribution is 0.174. The first kappa shape index (κ1) is 23.7. The van der Waals surface area contributed by atoms with Crippen molar-refractivity contribution < 1.29 is 4.74 Å². The highest BCUT2D eigenvalue weighted by Gasteiger charge is 2.34. The minimum atomic E-state index is 0.269. The zero-order valence-electron chi connectivity index (χ0n) is 21.5. The van der Waals surface area contributed by atoms with E-state index in [-0.39, 0.29) is 6.04 Å². The van der Waals surface area contributed by atoms with Gasteiger partial charge in [-0.15, -0.1) is 0 Å². The van der Waals surface area contributed by atoms with E-state index >= 15 is 0 Å². The predicted molar refractivity (Wildman–Crippen MR) is 137 cm³/mol. The summed E-state index contributed by atoms with van der Waals surface area (Å²) < 4.78 is 7.82. The minimum Gasteiger partial charge on any atom is -0.383 e. The molecule has 0 bridgehead atoms. The first-order valence-electron chi connectivity index (χ1n) is 12.6. The van der Waals surface area contributed by atoms with Crippen LogP contribution in [-0.4, -0.2) is 34.4 Å². The molecule has 3 heterocycles. The van der Waals surface area contributed by atoms with E-state index in [0.717, 1.165) is 42.2 Å². The smallest absolute Gasteiger partial charge is 0.157 e. The summed E-state index contributed by atoms with van der Waals surface area (Å²) in [5.41, 5.74) is 9.80. The van der Waals surface area contributed by atoms with Gasteiger partial charge in [-0.3, -0.25) is 0 Å². The van der Waals surface area contributed by atoms with Gasteiger partial charge in [0.1, 0.15) is 5.82 Å². The van der Waals surface area contributed by atoms with Gasteiger partial charge in [-0.25, -0.2) is 4.98 Å². The maximum Gasteiger partial charge on any atom is 0.157 e. The number of rotatable bonds is 8. The number of benzene rings is 1. The van der Waals surface area contributed by atoms with Crippen molar-refractivity contribution in [1.29, 1.82) is 0 Å². The van der Waals surface area contributed by atoms with Gasteiger partial charge in [0.2, 0.25) is 0 Å². The molecule has 0 amide bonds. The van der Waals surface area contributed by atoms with E-state index < -0.39 is 0 Å². The summed E-state index contributed by atoms with van der Waals surface area (Å²) in [4.78, 5) is 7.44. The minimum absolute atomic E-state index is 0.269. The summed E-state index contributed by atoms with van der Waals surface area (Å²) in [5.74, 6) is 1.95. The highest BCUT2D eigenvalue weighted by Crippen LogP contribution is 2.42. The lowest BCUT2D eigenvalue weighted by Gasteiger charge is -2.41. The lowest BCUT2D eigenvalue weighted by atomic mass is 9.90. The van der Waals surface area contributed by atoms with Crippen molar-refractivity contribution in [1.82, 2.24) is 14.6 Å². The Morgan fingerprint density at radius 2 is 1.85 bits per heavy atom. The molecule has 0 fully saturated rings. The quantitative estimate of drug-likeness (QED) is 0.398. The van der Waals surface area contributed by atoms with Crippen LogP contribution >= 0.6 is 0 Å². The van der Waals surface area contributed by atoms with Crippen molar-refractivity contribution in [2.24, 2.45) is 5.92 Å². The van der Waals surface area contributed by atoms with Gasteiger partial charge in [0, 0.05) is 30.1 Å². The number of fused-ring (bicyclic) bond motifs is 3. The molecule has 0 aliphatic carbocycles. The molecule has 1 aliphatic rings. The van der Waals surface area contributed by atoms with Crippen LogP contribution in [0.4, 0.5) is 11.5 Å². The largest absolute Gasteiger partial charge is 0.383 e. The van der Waals surface area contributed by atoms with E-state index in [1.54, 1.807) is 0 Å². The second-order valence-electron chi connectivity index (χ2n) is 9.88. The van der Waals surface area contributed by atoms with Crippen LogP contribution < -0.4 is 4.90 Å². The maximum absolute atomic E-state index is 5.75. The second-order valence-corrected chi connectivity index (χ2v) is 9.88. The molecule has 1 aromatic carbocycles. The molecule has 0 spiro atoms. The number of methoxy groups -OCH3 is 1. The Hall–Kier alpha value is -2.40. The number of anilines is 2. The Bertz CT molecular complexity index is 1130. The summed E-state index contributed by atoms with van der Waals surface area (Å²) in [6, 6.07) is 7.09. The van der Waals surface area contributed by atoms with Crippen molar-refractivity contribution >= 4 is 17.2 Å². The highest BCUT2D eigenvalue weighted by atomic mass is 16.5. The van der Waals surface area contributed by atoms with E-state index in [2.05, 4.69) is 69.2 Å². The Morgan fingerprint density at radius 1 is 1.09 bits per heavy atom. The fourth-order valence-electron chi connectivity index (χ4n) is 5.68. The molecule has 5 heteroatoms. The highest BCUT2D eigenvalue weighted by molar-refractivity contribution is 5.74. The van der Waals surface area contributed by atoms with Crippen LogP contribution in [0.3, 0.4) is 0 Å². The number of aromatic nitrogens is 3. The normalized spacial score (nSPS) is 16.1. The van der Waals surface area contributed by atoms with E-state index in [1.807, 2.05) is 7.11 Å². The molecule has 1 atom stereocenters. The topological polar surface area (TPSA) is 42.7 Å². The fraction of sp³-hybridized carbons (Fsp3) is 0.571. The molecule has 5 nitrogen and oxygen atoms in total. The number of hydrogen-bond donors (Lipinski definition) is 0. The summed E-state index contributed by atoms with van der Waals surface area (Å²) in [6.07, 6.45) is 6.86. The Morgan fingerprint density at radius 3 is 2.55 bits per heavy atom. The Balaban J connectivity index is 1.93. The number of nitrogens with zero attached hydrogens (tertiary/aromatic N) is 4. The van der Waals surface area contributed by atoms with Crippen LogP contribution in [0.1, 0.15) is 73.2 Å². The van der Waals surface area contributed by atoms with Crippen LogP contribution in [0.5, 0.6) is 0 Å². The first-order chi connectivity index (χ1) is 15.9.